The fourth-order valence-corrected chi connectivity index (χ4v) is 4.21. The molecule has 3 nitrogen and oxygen atoms in total. The van der Waals surface area contributed by atoms with Crippen LogP contribution in [0, 0.1) is 0 Å². The van der Waals surface area contributed by atoms with Gasteiger partial charge in [-0.1, -0.05) is 44.9 Å². The summed E-state index contributed by atoms with van der Waals surface area (Å²) >= 11 is 5.64. The van der Waals surface area contributed by atoms with Crippen LogP contribution in [0.1, 0.15) is 57.8 Å². The van der Waals surface area contributed by atoms with Gasteiger partial charge in [-0.05, 0) is 12.8 Å². The van der Waals surface area contributed by atoms with Crippen molar-refractivity contribution in [2.45, 2.75) is 63.8 Å². The van der Waals surface area contributed by atoms with Crippen LogP contribution < -0.4 is 0 Å². The third-order valence-corrected chi connectivity index (χ3v) is 6.65. The van der Waals surface area contributed by atoms with Crippen molar-refractivity contribution in [1.29, 1.82) is 0 Å². The molecule has 0 rings (SSSR count). The van der Waals surface area contributed by atoms with Gasteiger partial charge in [-0.2, -0.15) is 0 Å². The summed E-state index contributed by atoms with van der Waals surface area (Å²) in [5.41, 5.74) is 0. The Morgan fingerprint density at radius 2 is 1.00 bits per heavy atom. The van der Waals surface area contributed by atoms with Gasteiger partial charge in [0.05, 0.1) is 0 Å². The summed E-state index contributed by atoms with van der Waals surface area (Å²) in [5.74, 6) is 0.810. The predicted octanol–water partition coefficient (Wildman–Crippen LogP) is 4.61. The second-order valence-corrected chi connectivity index (χ2v) is 8.39. The Balaban J connectivity index is 3.35. The van der Waals surface area contributed by atoms with E-state index < -0.39 is 8.80 Å². The summed E-state index contributed by atoms with van der Waals surface area (Å²) in [4.78, 5) is 0. The van der Waals surface area contributed by atoms with Gasteiger partial charge >= 0.3 is 8.80 Å². The SMILES string of the molecule is CO[Si](CCCCCCCCCCCCl)(OC)OC. The van der Waals surface area contributed by atoms with Crippen LogP contribution in [-0.2, 0) is 13.3 Å². The minimum Gasteiger partial charge on any atom is -0.377 e. The summed E-state index contributed by atoms with van der Waals surface area (Å²) in [7, 11) is 2.72. The zero-order valence-electron chi connectivity index (χ0n) is 12.9. The summed E-state index contributed by atoms with van der Waals surface area (Å²) < 4.78 is 16.2. The zero-order chi connectivity index (χ0) is 14.4. The first-order valence-corrected chi connectivity index (χ1v) is 9.92. The fraction of sp³-hybridized carbons (Fsp3) is 1.00. The standard InChI is InChI=1S/C14H31ClO3Si/c1-16-19(17-2,18-3)14-12-10-8-6-4-5-7-9-11-13-15/h4-14H2,1-3H3. The maximum Gasteiger partial charge on any atom is 0.500 e. The van der Waals surface area contributed by atoms with E-state index in [1.807, 2.05) is 0 Å². The first kappa shape index (κ1) is 19.4. The van der Waals surface area contributed by atoms with Crippen molar-refractivity contribution in [3.8, 4) is 0 Å². The summed E-state index contributed by atoms with van der Waals surface area (Å²) in [6, 6.07) is 0.923. The molecular formula is C14H31ClO3Si. The van der Waals surface area contributed by atoms with E-state index in [0.717, 1.165) is 18.3 Å². The first-order chi connectivity index (χ1) is 9.24. The molecule has 19 heavy (non-hydrogen) atoms. The minimum absolute atomic E-state index is 0.810. The molecule has 0 bridgehead atoms. The molecule has 0 amide bonds. The van der Waals surface area contributed by atoms with Gasteiger partial charge < -0.3 is 13.3 Å². The van der Waals surface area contributed by atoms with E-state index in [2.05, 4.69) is 0 Å². The van der Waals surface area contributed by atoms with Crippen molar-refractivity contribution >= 4 is 20.4 Å². The molecule has 0 atom stereocenters. The molecule has 0 saturated heterocycles. The molecule has 0 aromatic heterocycles. The van der Waals surface area contributed by atoms with E-state index in [1.165, 1.54) is 51.4 Å². The molecule has 0 aliphatic heterocycles. The second kappa shape index (κ2) is 13.4. The van der Waals surface area contributed by atoms with Crippen LogP contribution >= 0.6 is 11.6 Å². The monoisotopic (exact) mass is 310 g/mol. The molecule has 0 unspecified atom stereocenters. The quantitative estimate of drug-likeness (QED) is 0.266. The van der Waals surface area contributed by atoms with Gasteiger partial charge in [0.2, 0.25) is 0 Å². The van der Waals surface area contributed by atoms with Crippen LogP contribution in [0.4, 0.5) is 0 Å². The largest absolute Gasteiger partial charge is 0.500 e. The topological polar surface area (TPSA) is 27.7 Å². The van der Waals surface area contributed by atoms with E-state index in [-0.39, 0.29) is 0 Å². The van der Waals surface area contributed by atoms with Gasteiger partial charge in [0.15, 0.2) is 0 Å². The molecule has 0 fully saturated rings. The molecule has 0 aromatic rings. The number of rotatable bonds is 14. The van der Waals surface area contributed by atoms with Gasteiger partial charge in [0, 0.05) is 33.3 Å². The van der Waals surface area contributed by atoms with Crippen LogP contribution in [0.3, 0.4) is 0 Å². The number of halogens is 1. The molecule has 0 aliphatic carbocycles. The highest BCUT2D eigenvalue weighted by atomic mass is 35.5. The van der Waals surface area contributed by atoms with Gasteiger partial charge in [-0.15, -0.1) is 11.6 Å². The number of hydrogen-bond acceptors (Lipinski definition) is 3. The lowest BCUT2D eigenvalue weighted by Crippen LogP contribution is -2.42. The lowest BCUT2D eigenvalue weighted by Gasteiger charge is -2.24. The van der Waals surface area contributed by atoms with Crippen LogP contribution in [0.25, 0.3) is 0 Å². The van der Waals surface area contributed by atoms with Crippen molar-refractivity contribution in [2.24, 2.45) is 0 Å². The molecule has 0 spiro atoms. The van der Waals surface area contributed by atoms with Crippen molar-refractivity contribution in [2.75, 3.05) is 27.2 Å². The Labute approximate surface area is 125 Å². The Morgan fingerprint density at radius 1 is 0.632 bits per heavy atom. The number of alkyl halides is 1. The van der Waals surface area contributed by atoms with E-state index in [4.69, 9.17) is 24.9 Å². The summed E-state index contributed by atoms with van der Waals surface area (Å²) in [5, 5.41) is 0. The first-order valence-electron chi connectivity index (χ1n) is 7.46. The zero-order valence-corrected chi connectivity index (χ0v) is 14.6. The van der Waals surface area contributed by atoms with E-state index in [0.29, 0.717) is 0 Å². The van der Waals surface area contributed by atoms with E-state index >= 15 is 0 Å². The van der Waals surface area contributed by atoms with Crippen LogP contribution in [-0.4, -0.2) is 36.0 Å². The van der Waals surface area contributed by atoms with Gasteiger partial charge in [0.25, 0.3) is 0 Å². The fourth-order valence-electron chi connectivity index (χ4n) is 2.23. The average molecular weight is 311 g/mol. The average Bonchev–Trinajstić information content (AvgIpc) is 2.46. The van der Waals surface area contributed by atoms with Crippen molar-refractivity contribution in [1.82, 2.24) is 0 Å². The normalized spacial score (nSPS) is 12.0. The van der Waals surface area contributed by atoms with Crippen LogP contribution in [0.15, 0.2) is 0 Å². The molecule has 0 radical (unpaired) electrons. The van der Waals surface area contributed by atoms with E-state index in [1.54, 1.807) is 21.3 Å². The molecule has 116 valence electrons. The third kappa shape index (κ3) is 9.85. The smallest absolute Gasteiger partial charge is 0.377 e. The third-order valence-electron chi connectivity index (χ3n) is 3.55. The Bertz CT molecular complexity index is 181. The molecule has 0 aliphatic rings. The minimum atomic E-state index is -2.32. The van der Waals surface area contributed by atoms with Gasteiger partial charge in [-0.25, -0.2) is 0 Å². The Hall–Kier alpha value is 0.387. The highest BCUT2D eigenvalue weighted by molar-refractivity contribution is 6.60. The highest BCUT2D eigenvalue weighted by Gasteiger charge is 2.36. The van der Waals surface area contributed by atoms with E-state index in [9.17, 15) is 0 Å². The molecule has 5 heteroatoms. The highest BCUT2D eigenvalue weighted by Crippen LogP contribution is 2.18. The maximum atomic E-state index is 5.64. The van der Waals surface area contributed by atoms with Gasteiger partial charge in [-0.3, -0.25) is 0 Å². The molecule has 0 N–H and O–H groups in total. The maximum absolute atomic E-state index is 5.64. The van der Waals surface area contributed by atoms with Crippen molar-refractivity contribution in [3.63, 3.8) is 0 Å². The second-order valence-electron chi connectivity index (χ2n) is 4.92. The Kier molecular flexibility index (Phi) is 13.6. The molecule has 0 aromatic carbocycles. The molecule has 0 heterocycles. The molecular weight excluding hydrogens is 280 g/mol. The van der Waals surface area contributed by atoms with Gasteiger partial charge in [0.1, 0.15) is 0 Å². The number of unbranched alkanes of at least 4 members (excludes halogenated alkanes) is 8. The van der Waals surface area contributed by atoms with Crippen LogP contribution in [0.5, 0.6) is 0 Å². The van der Waals surface area contributed by atoms with Crippen molar-refractivity contribution in [3.05, 3.63) is 0 Å². The molecule has 0 saturated carbocycles. The lowest BCUT2D eigenvalue weighted by molar-refractivity contribution is 0.122. The summed E-state index contributed by atoms with van der Waals surface area (Å²) in [6.07, 6.45) is 11.5. The predicted molar refractivity (Wildman–Crippen MR) is 83.9 cm³/mol. The van der Waals surface area contributed by atoms with Crippen molar-refractivity contribution < 1.29 is 13.3 Å². The Morgan fingerprint density at radius 3 is 1.37 bits per heavy atom. The number of hydrogen-bond donors (Lipinski definition) is 0. The summed E-state index contributed by atoms with van der Waals surface area (Å²) in [6.45, 7) is 0. The van der Waals surface area contributed by atoms with Crippen LogP contribution in [0.2, 0.25) is 6.04 Å². The lowest BCUT2D eigenvalue weighted by atomic mass is 10.1.